The summed E-state index contributed by atoms with van der Waals surface area (Å²) in [6, 6.07) is 7.56. The number of fused-ring (bicyclic) bond motifs is 2. The summed E-state index contributed by atoms with van der Waals surface area (Å²) in [5.41, 5.74) is 0.861. The number of halogens is 1. The quantitative estimate of drug-likeness (QED) is 0.690. The van der Waals surface area contributed by atoms with Gasteiger partial charge in [-0.3, -0.25) is 19.3 Å². The van der Waals surface area contributed by atoms with E-state index in [1.165, 1.54) is 17.7 Å². The number of amides is 3. The van der Waals surface area contributed by atoms with Crippen LogP contribution >= 0.6 is 27.7 Å². The number of hydrogen-bond acceptors (Lipinski definition) is 4. The molecule has 1 heterocycles. The van der Waals surface area contributed by atoms with E-state index in [-0.39, 0.29) is 29.5 Å². The molecule has 3 amide bonds. The van der Waals surface area contributed by atoms with Gasteiger partial charge < -0.3 is 5.32 Å². The highest BCUT2D eigenvalue weighted by molar-refractivity contribution is 9.10. The molecule has 2 aliphatic carbocycles. The van der Waals surface area contributed by atoms with Crippen molar-refractivity contribution in [3.63, 3.8) is 0 Å². The summed E-state index contributed by atoms with van der Waals surface area (Å²) in [6.45, 7) is 0.530. The zero-order chi connectivity index (χ0) is 19.0. The molecule has 0 spiro atoms. The smallest absolute Gasteiger partial charge is 0.293 e. The fraction of sp³-hybridized carbons (Fsp3) is 0.450. The topological polar surface area (TPSA) is 66.5 Å². The Labute approximate surface area is 171 Å². The summed E-state index contributed by atoms with van der Waals surface area (Å²) in [7, 11) is 0. The first-order chi connectivity index (χ1) is 13.0. The van der Waals surface area contributed by atoms with Gasteiger partial charge in [0.2, 0.25) is 5.91 Å². The molecule has 5 nitrogen and oxygen atoms in total. The number of benzene rings is 1. The molecule has 3 aliphatic rings. The lowest BCUT2D eigenvalue weighted by Crippen LogP contribution is -2.40. The van der Waals surface area contributed by atoms with E-state index in [0.29, 0.717) is 17.4 Å². The Kier molecular flexibility index (Phi) is 5.41. The Hall–Kier alpha value is -1.60. The van der Waals surface area contributed by atoms with E-state index in [0.717, 1.165) is 40.6 Å². The van der Waals surface area contributed by atoms with Gasteiger partial charge in [0.25, 0.3) is 11.1 Å². The van der Waals surface area contributed by atoms with Gasteiger partial charge in [-0.2, -0.15) is 0 Å². The van der Waals surface area contributed by atoms with Gasteiger partial charge in [0.05, 0.1) is 4.91 Å². The second kappa shape index (κ2) is 7.80. The molecule has 142 valence electrons. The minimum absolute atomic E-state index is 0.0823. The minimum atomic E-state index is -0.292. The Bertz CT molecular complexity index is 825. The highest BCUT2D eigenvalue weighted by Gasteiger charge is 2.43. The zero-order valence-electron chi connectivity index (χ0n) is 14.8. The summed E-state index contributed by atoms with van der Waals surface area (Å²) < 4.78 is 0.916. The largest absolute Gasteiger partial charge is 0.354 e. The first kappa shape index (κ1) is 18.7. The molecule has 0 aromatic heterocycles. The monoisotopic (exact) mass is 448 g/mol. The SMILES string of the molecule is O=C(NCCN1C(=O)S/C(=C\c2cccc(Br)c2)C1=O)C1CC2CCC1C2. The summed E-state index contributed by atoms with van der Waals surface area (Å²) in [5, 5.41) is 2.65. The fourth-order valence-corrected chi connectivity index (χ4v) is 5.71. The van der Waals surface area contributed by atoms with Crippen LogP contribution in [-0.2, 0) is 9.59 Å². The van der Waals surface area contributed by atoms with E-state index in [1.54, 1.807) is 6.08 Å². The van der Waals surface area contributed by atoms with Crippen molar-refractivity contribution in [3.8, 4) is 0 Å². The second-order valence-corrected chi connectivity index (χ2v) is 9.37. The lowest BCUT2D eigenvalue weighted by molar-refractivity contribution is -0.127. The number of nitrogens with zero attached hydrogens (tertiary/aromatic N) is 1. The number of carbonyl (C=O) groups is 3. The minimum Gasteiger partial charge on any atom is -0.354 e. The van der Waals surface area contributed by atoms with Gasteiger partial charge in [-0.1, -0.05) is 34.5 Å². The number of nitrogens with one attached hydrogen (secondary N) is 1. The van der Waals surface area contributed by atoms with Crippen molar-refractivity contribution in [1.82, 2.24) is 10.2 Å². The first-order valence-corrected chi connectivity index (χ1v) is 10.9. The van der Waals surface area contributed by atoms with Crippen molar-refractivity contribution in [1.29, 1.82) is 0 Å². The molecule has 7 heteroatoms. The Morgan fingerprint density at radius 1 is 1.30 bits per heavy atom. The molecule has 1 saturated heterocycles. The lowest BCUT2D eigenvalue weighted by Gasteiger charge is -2.21. The van der Waals surface area contributed by atoms with Crippen molar-refractivity contribution in [3.05, 3.63) is 39.2 Å². The predicted octanol–water partition coefficient (Wildman–Crippen LogP) is 4.04. The van der Waals surface area contributed by atoms with Crippen LogP contribution in [0.3, 0.4) is 0 Å². The number of hydrogen-bond donors (Lipinski definition) is 1. The number of rotatable bonds is 5. The molecular weight excluding hydrogens is 428 g/mol. The number of carbonyl (C=O) groups excluding carboxylic acids is 3. The van der Waals surface area contributed by atoms with Crippen molar-refractivity contribution in [2.75, 3.05) is 13.1 Å². The molecule has 1 aliphatic heterocycles. The van der Waals surface area contributed by atoms with Crippen LogP contribution in [0.4, 0.5) is 4.79 Å². The van der Waals surface area contributed by atoms with Crippen LogP contribution in [0, 0.1) is 17.8 Å². The molecule has 3 fully saturated rings. The standard InChI is InChI=1S/C20H21BrN2O3S/c21-15-3-1-2-12(9-15)11-17-19(25)23(20(26)27-17)7-6-22-18(24)16-10-13-4-5-14(16)8-13/h1-3,9,11,13-14,16H,4-8,10H2,(H,22,24)/b17-11-. The van der Waals surface area contributed by atoms with Gasteiger partial charge in [0.15, 0.2) is 0 Å². The maximum atomic E-state index is 12.5. The van der Waals surface area contributed by atoms with Crippen LogP contribution < -0.4 is 5.32 Å². The highest BCUT2D eigenvalue weighted by atomic mass is 79.9. The van der Waals surface area contributed by atoms with Crippen molar-refractivity contribution >= 4 is 50.8 Å². The van der Waals surface area contributed by atoms with Crippen LogP contribution in [0.15, 0.2) is 33.6 Å². The first-order valence-electron chi connectivity index (χ1n) is 9.30. The highest BCUT2D eigenvalue weighted by Crippen LogP contribution is 2.48. The lowest BCUT2D eigenvalue weighted by atomic mass is 9.88. The Morgan fingerprint density at radius 2 is 2.15 bits per heavy atom. The van der Waals surface area contributed by atoms with E-state index in [9.17, 15) is 14.4 Å². The van der Waals surface area contributed by atoms with Gasteiger partial charge in [-0.05, 0) is 66.6 Å². The zero-order valence-corrected chi connectivity index (χ0v) is 17.2. The van der Waals surface area contributed by atoms with Crippen molar-refractivity contribution < 1.29 is 14.4 Å². The molecule has 3 atom stereocenters. The van der Waals surface area contributed by atoms with Crippen LogP contribution in [0.1, 0.15) is 31.2 Å². The fourth-order valence-electron chi connectivity index (χ4n) is 4.43. The second-order valence-electron chi connectivity index (χ2n) is 7.46. The molecule has 27 heavy (non-hydrogen) atoms. The summed E-state index contributed by atoms with van der Waals surface area (Å²) in [5.74, 6) is 1.16. The van der Waals surface area contributed by atoms with Crippen LogP contribution in [-0.4, -0.2) is 35.0 Å². The number of thioether (sulfide) groups is 1. The van der Waals surface area contributed by atoms with Crippen molar-refractivity contribution in [2.45, 2.75) is 25.7 Å². The molecule has 4 rings (SSSR count). The average Bonchev–Trinajstić information content (AvgIpc) is 3.33. The Morgan fingerprint density at radius 3 is 2.85 bits per heavy atom. The molecule has 1 aromatic carbocycles. The van der Waals surface area contributed by atoms with Gasteiger partial charge in [0.1, 0.15) is 0 Å². The van der Waals surface area contributed by atoms with E-state index in [4.69, 9.17) is 0 Å². The van der Waals surface area contributed by atoms with E-state index < -0.39 is 0 Å². The van der Waals surface area contributed by atoms with Crippen LogP contribution in [0.5, 0.6) is 0 Å². The van der Waals surface area contributed by atoms with Gasteiger partial charge in [-0.25, -0.2) is 0 Å². The average molecular weight is 449 g/mol. The normalized spacial score (nSPS) is 28.4. The third kappa shape index (κ3) is 3.99. The van der Waals surface area contributed by atoms with E-state index in [2.05, 4.69) is 21.2 Å². The van der Waals surface area contributed by atoms with E-state index in [1.807, 2.05) is 24.3 Å². The summed E-state index contributed by atoms with van der Waals surface area (Å²) >= 11 is 4.35. The summed E-state index contributed by atoms with van der Waals surface area (Å²) in [6.07, 6.45) is 6.32. The molecule has 2 bridgehead atoms. The van der Waals surface area contributed by atoms with E-state index >= 15 is 0 Å². The van der Waals surface area contributed by atoms with Crippen LogP contribution in [0.2, 0.25) is 0 Å². The molecule has 2 saturated carbocycles. The molecule has 1 N–H and O–H groups in total. The van der Waals surface area contributed by atoms with Crippen LogP contribution in [0.25, 0.3) is 6.08 Å². The Balaban J connectivity index is 1.32. The van der Waals surface area contributed by atoms with Gasteiger partial charge in [0, 0.05) is 23.5 Å². The third-order valence-corrected chi connectivity index (χ3v) is 7.13. The molecule has 3 unspecified atom stereocenters. The van der Waals surface area contributed by atoms with Gasteiger partial charge >= 0.3 is 0 Å². The van der Waals surface area contributed by atoms with Crippen molar-refractivity contribution in [2.24, 2.45) is 17.8 Å². The summed E-state index contributed by atoms with van der Waals surface area (Å²) in [4.78, 5) is 38.7. The third-order valence-electron chi connectivity index (χ3n) is 5.73. The number of imide groups is 1. The predicted molar refractivity (Wildman–Crippen MR) is 109 cm³/mol. The maximum absolute atomic E-state index is 12.5. The molecular formula is C20H21BrN2O3S. The molecule has 0 radical (unpaired) electrons. The van der Waals surface area contributed by atoms with Gasteiger partial charge in [-0.15, -0.1) is 0 Å². The maximum Gasteiger partial charge on any atom is 0.293 e. The molecule has 1 aromatic rings.